The number of nitrogens with zero attached hydrogens (tertiary/aromatic N) is 2. The Balaban J connectivity index is 1.65. The van der Waals surface area contributed by atoms with Gasteiger partial charge in [0.1, 0.15) is 0 Å². The first-order valence-corrected chi connectivity index (χ1v) is 7.63. The van der Waals surface area contributed by atoms with Gasteiger partial charge < -0.3 is 5.32 Å². The Kier molecular flexibility index (Phi) is 4.32. The van der Waals surface area contributed by atoms with E-state index in [1.54, 1.807) is 0 Å². The Hall–Kier alpha value is -1.71. The molecule has 0 saturated carbocycles. The third-order valence-corrected chi connectivity index (χ3v) is 3.99. The molecule has 0 bridgehead atoms. The molecule has 3 nitrogen and oxygen atoms in total. The summed E-state index contributed by atoms with van der Waals surface area (Å²) in [6.07, 6.45) is 1.15. The molecule has 0 saturated heterocycles. The number of benzene rings is 1. The van der Waals surface area contributed by atoms with Gasteiger partial charge in [-0.05, 0) is 55.8 Å². The van der Waals surface area contributed by atoms with E-state index in [0.717, 1.165) is 44.0 Å². The molecule has 110 valence electrons. The van der Waals surface area contributed by atoms with Crippen LogP contribution in [0.25, 0.3) is 0 Å². The van der Waals surface area contributed by atoms with Crippen LogP contribution in [0.3, 0.4) is 0 Å². The highest BCUT2D eigenvalue weighted by molar-refractivity contribution is 5.33. The quantitative estimate of drug-likeness (QED) is 0.934. The smallest absolute Gasteiger partial charge is 0.0547 e. The molecule has 0 spiro atoms. The van der Waals surface area contributed by atoms with E-state index in [4.69, 9.17) is 0 Å². The SMILES string of the molecule is Cc1cccc(CN(C)Cc2ccc3c(c2)CNCC3)n1. The summed E-state index contributed by atoms with van der Waals surface area (Å²) in [5, 5.41) is 3.44. The van der Waals surface area contributed by atoms with Crippen molar-refractivity contribution in [3.63, 3.8) is 0 Å². The van der Waals surface area contributed by atoms with Gasteiger partial charge in [0.05, 0.1) is 5.69 Å². The van der Waals surface area contributed by atoms with E-state index < -0.39 is 0 Å². The lowest BCUT2D eigenvalue weighted by Gasteiger charge is -2.20. The Labute approximate surface area is 127 Å². The number of aryl methyl sites for hydroxylation is 1. The molecule has 0 unspecified atom stereocenters. The Morgan fingerprint density at radius 3 is 2.90 bits per heavy atom. The molecule has 1 aromatic carbocycles. The van der Waals surface area contributed by atoms with Gasteiger partial charge in [0.25, 0.3) is 0 Å². The van der Waals surface area contributed by atoms with Crippen LogP contribution in [-0.4, -0.2) is 23.5 Å². The second-order valence-electron chi connectivity index (χ2n) is 5.97. The van der Waals surface area contributed by atoms with Gasteiger partial charge in [0.2, 0.25) is 0 Å². The van der Waals surface area contributed by atoms with Gasteiger partial charge in [0.15, 0.2) is 0 Å². The monoisotopic (exact) mass is 281 g/mol. The van der Waals surface area contributed by atoms with E-state index in [2.05, 4.69) is 52.6 Å². The fourth-order valence-electron chi connectivity index (χ4n) is 2.96. The maximum absolute atomic E-state index is 4.57. The molecule has 1 aliphatic heterocycles. The Morgan fingerprint density at radius 1 is 1.14 bits per heavy atom. The lowest BCUT2D eigenvalue weighted by molar-refractivity contribution is 0.314. The van der Waals surface area contributed by atoms with Crippen molar-refractivity contribution < 1.29 is 0 Å². The summed E-state index contributed by atoms with van der Waals surface area (Å²) in [7, 11) is 2.15. The summed E-state index contributed by atoms with van der Waals surface area (Å²) in [6.45, 7) is 6.00. The van der Waals surface area contributed by atoms with Gasteiger partial charge in [-0.25, -0.2) is 0 Å². The molecule has 0 aliphatic carbocycles. The van der Waals surface area contributed by atoms with Gasteiger partial charge in [-0.2, -0.15) is 0 Å². The van der Waals surface area contributed by atoms with Crippen LogP contribution < -0.4 is 5.32 Å². The Morgan fingerprint density at radius 2 is 2.05 bits per heavy atom. The molecule has 0 atom stereocenters. The van der Waals surface area contributed by atoms with Crippen LogP contribution in [0.5, 0.6) is 0 Å². The summed E-state index contributed by atoms with van der Waals surface area (Å²) in [6, 6.07) is 13.1. The zero-order chi connectivity index (χ0) is 14.7. The van der Waals surface area contributed by atoms with Crippen LogP contribution >= 0.6 is 0 Å². The first-order valence-electron chi connectivity index (χ1n) is 7.63. The number of hydrogen-bond acceptors (Lipinski definition) is 3. The predicted octanol–water partition coefficient (Wildman–Crippen LogP) is 2.67. The number of rotatable bonds is 4. The fraction of sp³-hybridized carbons (Fsp3) is 0.389. The van der Waals surface area contributed by atoms with Crippen molar-refractivity contribution in [2.75, 3.05) is 13.6 Å². The number of aromatic nitrogens is 1. The largest absolute Gasteiger partial charge is 0.312 e. The van der Waals surface area contributed by atoms with Crippen molar-refractivity contribution in [1.29, 1.82) is 0 Å². The normalized spacial score (nSPS) is 14.2. The molecule has 3 rings (SSSR count). The average Bonchev–Trinajstić information content (AvgIpc) is 2.47. The average molecular weight is 281 g/mol. The Bertz CT molecular complexity index is 622. The number of nitrogens with one attached hydrogen (secondary N) is 1. The minimum Gasteiger partial charge on any atom is -0.312 e. The molecule has 1 N–H and O–H groups in total. The van der Waals surface area contributed by atoms with E-state index in [-0.39, 0.29) is 0 Å². The van der Waals surface area contributed by atoms with E-state index in [1.165, 1.54) is 16.7 Å². The van der Waals surface area contributed by atoms with Gasteiger partial charge in [0, 0.05) is 25.3 Å². The van der Waals surface area contributed by atoms with Crippen molar-refractivity contribution in [3.05, 3.63) is 64.5 Å². The summed E-state index contributed by atoms with van der Waals surface area (Å²) in [5.41, 5.74) is 6.56. The molecule has 0 radical (unpaired) electrons. The maximum atomic E-state index is 4.57. The number of fused-ring (bicyclic) bond motifs is 1. The van der Waals surface area contributed by atoms with Crippen LogP contribution in [0.1, 0.15) is 28.1 Å². The van der Waals surface area contributed by atoms with Crippen LogP contribution in [-0.2, 0) is 26.1 Å². The molecular formula is C18H23N3. The van der Waals surface area contributed by atoms with Crippen molar-refractivity contribution in [3.8, 4) is 0 Å². The topological polar surface area (TPSA) is 28.2 Å². The van der Waals surface area contributed by atoms with Gasteiger partial charge >= 0.3 is 0 Å². The molecule has 2 heterocycles. The standard InChI is InChI=1S/C18H23N3/c1-14-4-3-5-18(20-14)13-21(2)12-15-6-7-16-8-9-19-11-17(16)10-15/h3-7,10,19H,8-9,11-13H2,1-2H3. The molecule has 1 aliphatic rings. The summed E-state index contributed by atoms with van der Waals surface area (Å²) >= 11 is 0. The molecule has 21 heavy (non-hydrogen) atoms. The zero-order valence-corrected chi connectivity index (χ0v) is 12.9. The predicted molar refractivity (Wildman–Crippen MR) is 86.0 cm³/mol. The number of pyridine rings is 1. The lowest BCUT2D eigenvalue weighted by Crippen LogP contribution is -2.24. The molecule has 0 amide bonds. The second kappa shape index (κ2) is 6.37. The van der Waals surface area contributed by atoms with Crippen molar-refractivity contribution in [2.24, 2.45) is 0 Å². The molecular weight excluding hydrogens is 258 g/mol. The lowest BCUT2D eigenvalue weighted by atomic mass is 9.98. The molecule has 3 heteroatoms. The van der Waals surface area contributed by atoms with Crippen molar-refractivity contribution >= 4 is 0 Å². The minimum atomic E-state index is 0.886. The van der Waals surface area contributed by atoms with E-state index in [9.17, 15) is 0 Å². The fourth-order valence-corrected chi connectivity index (χ4v) is 2.96. The third kappa shape index (κ3) is 3.69. The van der Waals surface area contributed by atoms with Crippen LogP contribution in [0.2, 0.25) is 0 Å². The minimum absolute atomic E-state index is 0.886. The molecule has 1 aromatic heterocycles. The highest BCUT2D eigenvalue weighted by atomic mass is 15.1. The third-order valence-electron chi connectivity index (χ3n) is 3.99. The first-order chi connectivity index (χ1) is 10.2. The zero-order valence-electron chi connectivity index (χ0n) is 12.9. The molecule has 2 aromatic rings. The summed E-state index contributed by atoms with van der Waals surface area (Å²) in [5.74, 6) is 0. The highest BCUT2D eigenvalue weighted by Gasteiger charge is 2.10. The van der Waals surface area contributed by atoms with Crippen LogP contribution in [0.4, 0.5) is 0 Å². The van der Waals surface area contributed by atoms with E-state index in [1.807, 2.05) is 13.0 Å². The maximum Gasteiger partial charge on any atom is 0.0547 e. The summed E-state index contributed by atoms with van der Waals surface area (Å²) in [4.78, 5) is 6.89. The number of hydrogen-bond donors (Lipinski definition) is 1. The van der Waals surface area contributed by atoms with E-state index in [0.29, 0.717) is 0 Å². The van der Waals surface area contributed by atoms with Crippen molar-refractivity contribution in [2.45, 2.75) is 33.0 Å². The van der Waals surface area contributed by atoms with E-state index >= 15 is 0 Å². The van der Waals surface area contributed by atoms with Gasteiger partial charge in [-0.15, -0.1) is 0 Å². The first kappa shape index (κ1) is 14.2. The molecule has 0 fully saturated rings. The van der Waals surface area contributed by atoms with Crippen LogP contribution in [0.15, 0.2) is 36.4 Å². The van der Waals surface area contributed by atoms with Gasteiger partial charge in [-0.1, -0.05) is 24.3 Å². The summed E-state index contributed by atoms with van der Waals surface area (Å²) < 4.78 is 0. The highest BCUT2D eigenvalue weighted by Crippen LogP contribution is 2.17. The van der Waals surface area contributed by atoms with Crippen molar-refractivity contribution in [1.82, 2.24) is 15.2 Å². The second-order valence-corrected chi connectivity index (χ2v) is 5.97. The van der Waals surface area contributed by atoms with Gasteiger partial charge in [-0.3, -0.25) is 9.88 Å². The van der Waals surface area contributed by atoms with Crippen LogP contribution in [0, 0.1) is 6.92 Å².